The van der Waals surface area contributed by atoms with Crippen molar-refractivity contribution in [1.82, 2.24) is 5.32 Å². The Balaban J connectivity index is 2.26. The summed E-state index contributed by atoms with van der Waals surface area (Å²) in [6, 6.07) is 1.55. The molecule has 2 atom stereocenters. The molecule has 1 saturated heterocycles. The minimum Gasteiger partial charge on any atom is -0.312 e. The molecule has 1 aliphatic rings. The Morgan fingerprint density at radius 2 is 1.57 bits per heavy atom. The van der Waals surface area contributed by atoms with Crippen molar-refractivity contribution < 1.29 is 0 Å². The maximum Gasteiger partial charge on any atom is 0.00417 e. The predicted molar refractivity (Wildman–Crippen MR) is 31.3 cm³/mol. The van der Waals surface area contributed by atoms with Crippen molar-refractivity contribution in [2.24, 2.45) is 0 Å². The summed E-state index contributed by atoms with van der Waals surface area (Å²) >= 11 is 0. The minimum atomic E-state index is 0.773. The summed E-state index contributed by atoms with van der Waals surface area (Å²) in [5, 5.41) is 3.42. The smallest absolute Gasteiger partial charge is 0.00417 e. The maximum atomic E-state index is 3.42. The second kappa shape index (κ2) is 1.83. The zero-order valence-corrected chi connectivity index (χ0v) is 5.07. The van der Waals surface area contributed by atoms with E-state index in [4.69, 9.17) is 0 Å². The van der Waals surface area contributed by atoms with Gasteiger partial charge in [0.05, 0.1) is 0 Å². The second-order valence-corrected chi connectivity index (χ2v) is 2.55. The van der Waals surface area contributed by atoms with E-state index in [0.717, 1.165) is 12.1 Å². The fourth-order valence-corrected chi connectivity index (χ4v) is 1.15. The van der Waals surface area contributed by atoms with Gasteiger partial charge < -0.3 is 5.32 Å². The van der Waals surface area contributed by atoms with Crippen molar-refractivity contribution in [3.05, 3.63) is 0 Å². The summed E-state index contributed by atoms with van der Waals surface area (Å²) in [7, 11) is 0. The van der Waals surface area contributed by atoms with Gasteiger partial charge in [-0.2, -0.15) is 0 Å². The predicted octanol–water partition coefficient (Wildman–Crippen LogP) is 1.15. The molecule has 0 radical (unpaired) electrons. The van der Waals surface area contributed by atoms with Gasteiger partial charge in [-0.1, -0.05) is 0 Å². The normalized spacial score (nSPS) is 42.0. The van der Waals surface area contributed by atoms with E-state index in [1.165, 1.54) is 12.8 Å². The molecule has 7 heavy (non-hydrogen) atoms. The summed E-state index contributed by atoms with van der Waals surface area (Å²) < 4.78 is 0. The third-order valence-corrected chi connectivity index (χ3v) is 1.60. The quantitative estimate of drug-likeness (QED) is 0.480. The van der Waals surface area contributed by atoms with Gasteiger partial charge in [0, 0.05) is 12.1 Å². The molecule has 0 aromatic heterocycles. The molecule has 1 unspecified atom stereocenters. The van der Waals surface area contributed by atoms with Gasteiger partial charge in [0.15, 0.2) is 0 Å². The Morgan fingerprint density at radius 1 is 1.14 bits per heavy atom. The molecule has 1 fully saturated rings. The van der Waals surface area contributed by atoms with Crippen LogP contribution in [0.3, 0.4) is 0 Å². The molecule has 1 heteroatoms. The Labute approximate surface area is 45.1 Å². The number of hydrogen-bond donors (Lipinski definition) is 1. The van der Waals surface area contributed by atoms with Crippen LogP contribution in [0.15, 0.2) is 0 Å². The van der Waals surface area contributed by atoms with Gasteiger partial charge in [-0.05, 0) is 26.7 Å². The lowest BCUT2D eigenvalue weighted by Crippen LogP contribution is -2.23. The van der Waals surface area contributed by atoms with E-state index in [1.54, 1.807) is 0 Å². The van der Waals surface area contributed by atoms with Gasteiger partial charge >= 0.3 is 0 Å². The van der Waals surface area contributed by atoms with Crippen LogP contribution in [0.1, 0.15) is 26.7 Å². The van der Waals surface area contributed by atoms with Crippen molar-refractivity contribution in [1.29, 1.82) is 0 Å². The van der Waals surface area contributed by atoms with E-state index < -0.39 is 0 Å². The number of rotatable bonds is 0. The van der Waals surface area contributed by atoms with Crippen LogP contribution in [0.25, 0.3) is 0 Å². The lowest BCUT2D eigenvalue weighted by Gasteiger charge is -2.01. The molecule has 42 valence electrons. The molecule has 0 saturated carbocycles. The van der Waals surface area contributed by atoms with E-state index in [9.17, 15) is 0 Å². The molecular weight excluding hydrogens is 86.1 g/mol. The first-order chi connectivity index (χ1) is 3.29. The second-order valence-electron chi connectivity index (χ2n) is 2.55. The molecule has 0 aromatic carbocycles. The van der Waals surface area contributed by atoms with E-state index >= 15 is 0 Å². The monoisotopic (exact) mass is 99.1 g/mol. The highest BCUT2D eigenvalue weighted by Gasteiger charge is 2.14. The van der Waals surface area contributed by atoms with Gasteiger partial charge in [-0.3, -0.25) is 0 Å². The lowest BCUT2D eigenvalue weighted by atomic mass is 10.2. The topological polar surface area (TPSA) is 12.0 Å². The van der Waals surface area contributed by atoms with Crippen LogP contribution >= 0.6 is 0 Å². The van der Waals surface area contributed by atoms with Crippen LogP contribution in [-0.2, 0) is 0 Å². The van der Waals surface area contributed by atoms with Crippen LogP contribution in [0.5, 0.6) is 0 Å². The largest absolute Gasteiger partial charge is 0.312 e. The SMILES string of the molecule is CC1CC[C@H](C)N1. The highest BCUT2D eigenvalue weighted by atomic mass is 15.0. The summed E-state index contributed by atoms with van der Waals surface area (Å²) in [4.78, 5) is 0. The van der Waals surface area contributed by atoms with Crippen molar-refractivity contribution in [3.8, 4) is 0 Å². The van der Waals surface area contributed by atoms with Crippen molar-refractivity contribution in [3.63, 3.8) is 0 Å². The molecule has 0 amide bonds. The Kier molecular flexibility index (Phi) is 1.33. The fourth-order valence-electron chi connectivity index (χ4n) is 1.15. The standard InChI is InChI=1S/C6H13N/c1-5-3-4-6(2)7-5/h5-7H,3-4H2,1-2H3/t5-,6?/m0/s1. The first-order valence-electron chi connectivity index (χ1n) is 3.05. The summed E-state index contributed by atoms with van der Waals surface area (Å²) in [5.41, 5.74) is 0. The molecule has 1 rings (SSSR count). The van der Waals surface area contributed by atoms with Crippen LogP contribution in [0.2, 0.25) is 0 Å². The first-order valence-corrected chi connectivity index (χ1v) is 3.05. The van der Waals surface area contributed by atoms with Crippen molar-refractivity contribution >= 4 is 0 Å². The van der Waals surface area contributed by atoms with Gasteiger partial charge in [0.25, 0.3) is 0 Å². The van der Waals surface area contributed by atoms with Crippen LogP contribution < -0.4 is 5.32 Å². The third-order valence-electron chi connectivity index (χ3n) is 1.60. The van der Waals surface area contributed by atoms with Crippen molar-refractivity contribution in [2.45, 2.75) is 38.8 Å². The molecule has 0 bridgehead atoms. The van der Waals surface area contributed by atoms with Crippen LogP contribution in [-0.4, -0.2) is 12.1 Å². The molecular formula is C6H13N. The Morgan fingerprint density at radius 3 is 1.71 bits per heavy atom. The molecule has 0 aromatic rings. The molecule has 1 aliphatic heterocycles. The van der Waals surface area contributed by atoms with E-state index in [2.05, 4.69) is 19.2 Å². The number of nitrogens with one attached hydrogen (secondary N) is 1. The average molecular weight is 99.2 g/mol. The van der Waals surface area contributed by atoms with Crippen LogP contribution in [0.4, 0.5) is 0 Å². The Bertz CT molecular complexity index is 53.2. The zero-order chi connectivity index (χ0) is 5.28. The van der Waals surface area contributed by atoms with Gasteiger partial charge in [0.2, 0.25) is 0 Å². The molecule has 1 nitrogen and oxygen atoms in total. The first kappa shape index (κ1) is 5.10. The average Bonchev–Trinajstić information content (AvgIpc) is 1.87. The summed E-state index contributed by atoms with van der Waals surface area (Å²) in [5.74, 6) is 0. The molecule has 1 N–H and O–H groups in total. The van der Waals surface area contributed by atoms with Gasteiger partial charge in [-0.25, -0.2) is 0 Å². The third kappa shape index (κ3) is 1.16. The highest BCUT2D eigenvalue weighted by molar-refractivity contribution is 4.76. The summed E-state index contributed by atoms with van der Waals surface area (Å²) in [6.07, 6.45) is 2.72. The molecule has 1 heterocycles. The Hall–Kier alpha value is -0.0400. The van der Waals surface area contributed by atoms with E-state index in [-0.39, 0.29) is 0 Å². The van der Waals surface area contributed by atoms with E-state index in [0.29, 0.717) is 0 Å². The zero-order valence-electron chi connectivity index (χ0n) is 5.07. The van der Waals surface area contributed by atoms with Crippen molar-refractivity contribution in [2.75, 3.05) is 0 Å². The van der Waals surface area contributed by atoms with Gasteiger partial charge in [0.1, 0.15) is 0 Å². The summed E-state index contributed by atoms with van der Waals surface area (Å²) in [6.45, 7) is 4.48. The molecule has 0 spiro atoms. The van der Waals surface area contributed by atoms with E-state index in [1.807, 2.05) is 0 Å². The van der Waals surface area contributed by atoms with Crippen LogP contribution in [0, 0.1) is 0 Å². The lowest BCUT2D eigenvalue weighted by molar-refractivity contribution is 0.596. The van der Waals surface area contributed by atoms with Gasteiger partial charge in [-0.15, -0.1) is 0 Å². The highest BCUT2D eigenvalue weighted by Crippen LogP contribution is 2.09. The number of hydrogen-bond acceptors (Lipinski definition) is 1. The maximum absolute atomic E-state index is 3.42. The minimum absolute atomic E-state index is 0.773. The fraction of sp³-hybridized carbons (Fsp3) is 1.00. The molecule has 0 aliphatic carbocycles.